The number of hydrogen-bond donors (Lipinski definition) is 0. The molecule has 3 nitrogen and oxygen atoms in total. The van der Waals surface area contributed by atoms with Crippen molar-refractivity contribution in [1.29, 1.82) is 5.26 Å². The van der Waals surface area contributed by atoms with Gasteiger partial charge in [-0.2, -0.15) is 5.26 Å². The summed E-state index contributed by atoms with van der Waals surface area (Å²) in [6.07, 6.45) is -3.01. The van der Waals surface area contributed by atoms with Gasteiger partial charge in [0.1, 0.15) is 10.8 Å². The van der Waals surface area contributed by atoms with E-state index in [0.717, 1.165) is 6.07 Å². The summed E-state index contributed by atoms with van der Waals surface area (Å²) in [5.74, 6) is 0. The van der Waals surface area contributed by atoms with E-state index in [0.29, 0.717) is 0 Å². The summed E-state index contributed by atoms with van der Waals surface area (Å²) in [6.45, 7) is 0. The second-order valence-electron chi connectivity index (χ2n) is 2.44. The molecule has 0 aliphatic heterocycles. The molecule has 7 heteroatoms. The predicted octanol–water partition coefficient (Wildman–Crippen LogP) is 2.92. The van der Waals surface area contributed by atoms with E-state index < -0.39 is 28.5 Å². The van der Waals surface area contributed by atoms with Crippen LogP contribution in [0.4, 0.5) is 8.78 Å². The van der Waals surface area contributed by atoms with Crippen LogP contribution in [0, 0.1) is 11.3 Å². The van der Waals surface area contributed by atoms with Gasteiger partial charge < -0.3 is 0 Å². The molecule has 0 radical (unpaired) electrons. The predicted molar refractivity (Wildman–Crippen MR) is 49.1 cm³/mol. The molecule has 0 N–H and O–H groups in total. The minimum atomic E-state index is -3.01. The van der Waals surface area contributed by atoms with Crippen molar-refractivity contribution in [3.63, 3.8) is 0 Å². The second-order valence-corrected chi connectivity index (χ2v) is 3.17. The van der Waals surface area contributed by atoms with Crippen molar-refractivity contribution in [2.75, 3.05) is 0 Å². The number of halogens is 4. The summed E-state index contributed by atoms with van der Waals surface area (Å²) in [6, 6.07) is 2.45. The van der Waals surface area contributed by atoms with Crippen LogP contribution < -0.4 is 0 Å². The van der Waals surface area contributed by atoms with E-state index in [1.807, 2.05) is 0 Å². The van der Waals surface area contributed by atoms with Crippen LogP contribution in [0.15, 0.2) is 6.07 Å². The third kappa shape index (κ3) is 2.41. The van der Waals surface area contributed by atoms with Crippen molar-refractivity contribution < 1.29 is 13.6 Å². The lowest BCUT2D eigenvalue weighted by atomic mass is 10.1. The van der Waals surface area contributed by atoms with Crippen molar-refractivity contribution in [3.8, 4) is 6.07 Å². The SMILES string of the molecule is N#Cc1cc(Cl)nc(C(=O)Cl)c1C(F)F. The maximum atomic E-state index is 12.5. The minimum Gasteiger partial charge on any atom is -0.274 e. The van der Waals surface area contributed by atoms with Gasteiger partial charge in [-0.1, -0.05) is 11.6 Å². The standard InChI is InChI=1S/C8H2Cl2F2N2O/c9-4-1-3(2-13)5(8(11)12)6(14-4)7(10)15/h1,8H. The number of carbonyl (C=O) groups excluding carboxylic acids is 1. The number of hydrogen-bond acceptors (Lipinski definition) is 3. The van der Waals surface area contributed by atoms with Crippen molar-refractivity contribution in [1.82, 2.24) is 4.98 Å². The van der Waals surface area contributed by atoms with Crippen molar-refractivity contribution in [3.05, 3.63) is 28.0 Å². The Morgan fingerprint density at radius 2 is 2.20 bits per heavy atom. The van der Waals surface area contributed by atoms with Crippen LogP contribution in [0.25, 0.3) is 0 Å². The first-order chi connectivity index (χ1) is 6.97. The van der Waals surface area contributed by atoms with Gasteiger partial charge in [-0.05, 0) is 17.7 Å². The highest BCUT2D eigenvalue weighted by atomic mass is 35.5. The maximum absolute atomic E-state index is 12.5. The molecule has 0 bridgehead atoms. The Morgan fingerprint density at radius 1 is 1.60 bits per heavy atom. The zero-order valence-electron chi connectivity index (χ0n) is 6.97. The van der Waals surface area contributed by atoms with Crippen LogP contribution >= 0.6 is 23.2 Å². The fourth-order valence-electron chi connectivity index (χ4n) is 0.987. The molecule has 0 unspecified atom stereocenters. The largest absolute Gasteiger partial charge is 0.274 e. The van der Waals surface area contributed by atoms with Crippen molar-refractivity contribution in [2.24, 2.45) is 0 Å². The van der Waals surface area contributed by atoms with E-state index in [2.05, 4.69) is 4.98 Å². The van der Waals surface area contributed by atoms with E-state index in [4.69, 9.17) is 28.5 Å². The molecule has 0 saturated carbocycles. The smallest absolute Gasteiger partial charge is 0.271 e. The fourth-order valence-corrected chi connectivity index (χ4v) is 1.32. The summed E-state index contributed by atoms with van der Waals surface area (Å²) in [4.78, 5) is 14.1. The summed E-state index contributed by atoms with van der Waals surface area (Å²) in [7, 11) is 0. The van der Waals surface area contributed by atoms with Crippen LogP contribution in [0.3, 0.4) is 0 Å². The Hall–Kier alpha value is -1.25. The van der Waals surface area contributed by atoms with Crippen LogP contribution in [0.2, 0.25) is 5.15 Å². The summed E-state index contributed by atoms with van der Waals surface area (Å²) < 4.78 is 25.0. The monoisotopic (exact) mass is 250 g/mol. The van der Waals surface area contributed by atoms with Gasteiger partial charge in [0.25, 0.3) is 11.7 Å². The Morgan fingerprint density at radius 3 is 2.60 bits per heavy atom. The highest BCUT2D eigenvalue weighted by Gasteiger charge is 2.23. The first-order valence-electron chi connectivity index (χ1n) is 3.56. The number of carbonyl (C=O) groups is 1. The average molecular weight is 251 g/mol. The molecule has 0 saturated heterocycles. The molecule has 0 spiro atoms. The van der Waals surface area contributed by atoms with Gasteiger partial charge in [0.15, 0.2) is 0 Å². The molecule has 0 aromatic carbocycles. The lowest BCUT2D eigenvalue weighted by Gasteiger charge is -2.06. The molecule has 15 heavy (non-hydrogen) atoms. The van der Waals surface area contributed by atoms with Crippen LogP contribution in [-0.2, 0) is 0 Å². The molecule has 0 aliphatic carbocycles. The Labute approximate surface area is 93.2 Å². The summed E-state index contributed by atoms with van der Waals surface area (Å²) >= 11 is 10.5. The van der Waals surface area contributed by atoms with Crippen LogP contribution in [0.5, 0.6) is 0 Å². The molecular weight excluding hydrogens is 249 g/mol. The van der Waals surface area contributed by atoms with Gasteiger partial charge in [0, 0.05) is 0 Å². The first-order valence-corrected chi connectivity index (χ1v) is 4.31. The Balaban J connectivity index is 3.56. The van der Waals surface area contributed by atoms with E-state index in [-0.39, 0.29) is 5.15 Å². The third-order valence-electron chi connectivity index (χ3n) is 1.55. The van der Waals surface area contributed by atoms with Gasteiger partial charge in [-0.25, -0.2) is 13.8 Å². The molecular formula is C8H2Cl2F2N2O. The molecule has 1 aromatic rings. The van der Waals surface area contributed by atoms with Crippen LogP contribution in [-0.4, -0.2) is 10.2 Å². The molecule has 0 aliphatic rings. The molecule has 0 fully saturated rings. The maximum Gasteiger partial charge on any atom is 0.271 e. The number of rotatable bonds is 2. The lowest BCUT2D eigenvalue weighted by molar-refractivity contribution is 0.106. The first kappa shape index (κ1) is 11.8. The van der Waals surface area contributed by atoms with Crippen molar-refractivity contribution >= 4 is 28.4 Å². The quantitative estimate of drug-likeness (QED) is 0.599. The zero-order valence-corrected chi connectivity index (χ0v) is 8.48. The Bertz CT molecular complexity index is 457. The van der Waals surface area contributed by atoms with E-state index in [1.165, 1.54) is 6.07 Å². The number of nitrogens with zero attached hydrogens (tertiary/aromatic N) is 2. The fraction of sp³-hybridized carbons (Fsp3) is 0.125. The van der Waals surface area contributed by atoms with E-state index >= 15 is 0 Å². The van der Waals surface area contributed by atoms with E-state index in [1.54, 1.807) is 0 Å². The number of pyridine rings is 1. The topological polar surface area (TPSA) is 53.8 Å². The molecule has 78 valence electrons. The van der Waals surface area contributed by atoms with Crippen molar-refractivity contribution in [2.45, 2.75) is 6.43 Å². The highest BCUT2D eigenvalue weighted by molar-refractivity contribution is 6.67. The van der Waals surface area contributed by atoms with Gasteiger partial charge in [0.2, 0.25) is 0 Å². The molecule has 1 rings (SSSR count). The average Bonchev–Trinajstić information content (AvgIpc) is 2.15. The van der Waals surface area contributed by atoms with E-state index in [9.17, 15) is 13.6 Å². The van der Waals surface area contributed by atoms with Crippen LogP contribution in [0.1, 0.15) is 28.0 Å². The summed E-state index contributed by atoms with van der Waals surface area (Å²) in [5.41, 5.74) is -1.88. The Kier molecular flexibility index (Phi) is 3.56. The highest BCUT2D eigenvalue weighted by Crippen LogP contribution is 2.28. The number of aromatic nitrogens is 1. The normalized spacial score (nSPS) is 10.1. The zero-order chi connectivity index (χ0) is 11.6. The lowest BCUT2D eigenvalue weighted by Crippen LogP contribution is -2.05. The molecule has 0 amide bonds. The van der Waals surface area contributed by atoms with Gasteiger partial charge >= 0.3 is 0 Å². The molecule has 1 heterocycles. The van der Waals surface area contributed by atoms with Gasteiger partial charge in [0.05, 0.1) is 17.2 Å². The summed E-state index contributed by atoms with van der Waals surface area (Å²) in [5, 5.41) is 7.16. The van der Waals surface area contributed by atoms with Gasteiger partial charge in [-0.15, -0.1) is 0 Å². The third-order valence-corrected chi connectivity index (χ3v) is 1.92. The minimum absolute atomic E-state index is 0.236. The second kappa shape index (κ2) is 4.51. The molecule has 0 atom stereocenters. The van der Waals surface area contributed by atoms with Gasteiger partial charge in [-0.3, -0.25) is 4.79 Å². The molecule has 1 aromatic heterocycles. The number of alkyl halides is 2. The number of nitriles is 1.